The molecular weight excluding hydrogens is 248 g/mol. The van der Waals surface area contributed by atoms with Crippen molar-refractivity contribution < 1.29 is 0 Å². The molecule has 1 aromatic heterocycles. The summed E-state index contributed by atoms with van der Waals surface area (Å²) in [7, 11) is 1.96. The highest BCUT2D eigenvalue weighted by atomic mass is 79.9. The molecule has 1 aromatic rings. The molecule has 0 spiro atoms. The number of rotatable bonds is 4. The average Bonchev–Trinajstić information content (AvgIpc) is 2.09. The second-order valence-corrected chi connectivity index (χ2v) is 5.18. The lowest BCUT2D eigenvalue weighted by atomic mass is 10.5. The summed E-state index contributed by atoms with van der Waals surface area (Å²) in [5.74, 6) is 0. The maximum absolute atomic E-state index is 4.29. The third kappa shape index (κ3) is 4.11. The lowest BCUT2D eigenvalue weighted by Gasteiger charge is -2.08. The van der Waals surface area contributed by atoms with Crippen LogP contribution in [0.3, 0.4) is 0 Å². The molecule has 1 rings (SSSR count). The average molecular weight is 261 g/mol. The number of nitrogens with one attached hydrogen (secondary N) is 1. The fraction of sp³-hybridized carbons (Fsp3) is 0.444. The van der Waals surface area contributed by atoms with Gasteiger partial charge in [0, 0.05) is 22.5 Å². The molecule has 1 heterocycles. The van der Waals surface area contributed by atoms with Crippen molar-refractivity contribution in [3.8, 4) is 0 Å². The van der Waals surface area contributed by atoms with Gasteiger partial charge in [0.05, 0.1) is 5.03 Å². The van der Waals surface area contributed by atoms with Gasteiger partial charge < -0.3 is 5.32 Å². The van der Waals surface area contributed by atoms with Crippen LogP contribution in [0.15, 0.2) is 27.8 Å². The molecule has 1 atom stereocenters. The van der Waals surface area contributed by atoms with Crippen LogP contribution in [0.2, 0.25) is 0 Å². The van der Waals surface area contributed by atoms with Crippen molar-refractivity contribution in [2.24, 2.45) is 0 Å². The topological polar surface area (TPSA) is 24.9 Å². The molecule has 0 aliphatic heterocycles. The van der Waals surface area contributed by atoms with Gasteiger partial charge in [-0.05, 0) is 35.1 Å². The minimum Gasteiger partial charge on any atom is -0.319 e. The monoisotopic (exact) mass is 260 g/mol. The first-order valence-electron chi connectivity index (χ1n) is 4.15. The van der Waals surface area contributed by atoms with Crippen LogP contribution in [0.1, 0.15) is 6.92 Å². The first-order valence-corrected chi connectivity index (χ1v) is 5.82. The molecule has 0 bridgehead atoms. The summed E-state index contributed by atoms with van der Waals surface area (Å²) in [6.07, 6.45) is 1.83. The van der Waals surface area contributed by atoms with Gasteiger partial charge in [-0.2, -0.15) is 0 Å². The second kappa shape index (κ2) is 5.62. The Balaban J connectivity index is 2.49. The Morgan fingerprint density at radius 3 is 2.92 bits per heavy atom. The van der Waals surface area contributed by atoms with E-state index >= 15 is 0 Å². The minimum atomic E-state index is 0.554. The molecule has 72 valence electrons. The molecule has 4 heteroatoms. The highest BCUT2D eigenvalue weighted by Gasteiger charge is 2.03. The van der Waals surface area contributed by atoms with E-state index in [-0.39, 0.29) is 0 Å². The molecule has 0 aromatic carbocycles. The third-order valence-corrected chi connectivity index (χ3v) is 3.03. The summed E-state index contributed by atoms with van der Waals surface area (Å²) in [6.45, 7) is 3.19. The molecule has 0 aliphatic rings. The Morgan fingerprint density at radius 1 is 1.62 bits per heavy atom. The van der Waals surface area contributed by atoms with Gasteiger partial charge in [0.25, 0.3) is 0 Å². The van der Waals surface area contributed by atoms with Crippen molar-refractivity contribution in [3.63, 3.8) is 0 Å². The fourth-order valence-electron chi connectivity index (χ4n) is 0.967. The Hall–Kier alpha value is -0.0600. The molecule has 0 saturated heterocycles. The molecule has 0 amide bonds. The quantitative estimate of drug-likeness (QED) is 0.843. The maximum Gasteiger partial charge on any atom is 0.0963 e. The molecule has 2 nitrogen and oxygen atoms in total. The number of nitrogens with zero attached hydrogens (tertiary/aromatic N) is 1. The Bertz CT molecular complexity index is 250. The van der Waals surface area contributed by atoms with E-state index < -0.39 is 0 Å². The van der Waals surface area contributed by atoms with Crippen molar-refractivity contribution in [2.45, 2.75) is 17.2 Å². The largest absolute Gasteiger partial charge is 0.319 e. The van der Waals surface area contributed by atoms with E-state index in [1.807, 2.05) is 25.4 Å². The van der Waals surface area contributed by atoms with E-state index in [0.717, 1.165) is 16.0 Å². The van der Waals surface area contributed by atoms with E-state index in [1.165, 1.54) is 0 Å². The van der Waals surface area contributed by atoms with Crippen molar-refractivity contribution in [1.82, 2.24) is 10.3 Å². The van der Waals surface area contributed by atoms with Gasteiger partial charge in [-0.25, -0.2) is 4.98 Å². The Morgan fingerprint density at radius 2 is 2.38 bits per heavy atom. The van der Waals surface area contributed by atoms with Crippen LogP contribution in [0.4, 0.5) is 0 Å². The molecule has 0 fully saturated rings. The highest BCUT2D eigenvalue weighted by Crippen LogP contribution is 2.21. The van der Waals surface area contributed by atoms with Gasteiger partial charge in [0.15, 0.2) is 0 Å². The van der Waals surface area contributed by atoms with Gasteiger partial charge in [0.1, 0.15) is 0 Å². The lowest BCUT2D eigenvalue weighted by Crippen LogP contribution is -2.17. The molecular formula is C9H13BrN2S. The van der Waals surface area contributed by atoms with Gasteiger partial charge in [0.2, 0.25) is 0 Å². The van der Waals surface area contributed by atoms with Crippen LogP contribution in [0.25, 0.3) is 0 Å². The van der Waals surface area contributed by atoms with Crippen LogP contribution in [-0.4, -0.2) is 23.8 Å². The highest BCUT2D eigenvalue weighted by molar-refractivity contribution is 9.10. The zero-order chi connectivity index (χ0) is 9.68. The lowest BCUT2D eigenvalue weighted by molar-refractivity contribution is 0.784. The number of hydrogen-bond donors (Lipinski definition) is 1. The summed E-state index contributed by atoms with van der Waals surface area (Å²) in [5.41, 5.74) is 0. The third-order valence-electron chi connectivity index (χ3n) is 1.51. The molecule has 0 aliphatic carbocycles. The second-order valence-electron chi connectivity index (χ2n) is 2.80. The number of halogens is 1. The van der Waals surface area contributed by atoms with Crippen molar-refractivity contribution in [1.29, 1.82) is 0 Å². The predicted molar refractivity (Wildman–Crippen MR) is 61.2 cm³/mol. The summed E-state index contributed by atoms with van der Waals surface area (Å²) in [6, 6.07) is 4.04. The minimum absolute atomic E-state index is 0.554. The van der Waals surface area contributed by atoms with Crippen LogP contribution in [0.5, 0.6) is 0 Å². The van der Waals surface area contributed by atoms with Crippen molar-refractivity contribution >= 4 is 27.7 Å². The van der Waals surface area contributed by atoms with Gasteiger partial charge in [-0.3, -0.25) is 0 Å². The first kappa shape index (κ1) is 11.0. The normalized spacial score (nSPS) is 12.8. The van der Waals surface area contributed by atoms with Crippen LogP contribution < -0.4 is 5.32 Å². The van der Waals surface area contributed by atoms with Crippen molar-refractivity contribution in [3.05, 3.63) is 22.8 Å². The van der Waals surface area contributed by atoms with E-state index in [1.54, 1.807) is 11.8 Å². The van der Waals surface area contributed by atoms with Crippen LogP contribution in [0, 0.1) is 0 Å². The first-order chi connectivity index (χ1) is 6.22. The number of pyridine rings is 1. The van der Waals surface area contributed by atoms with Crippen molar-refractivity contribution in [2.75, 3.05) is 13.6 Å². The zero-order valence-corrected chi connectivity index (χ0v) is 10.2. The van der Waals surface area contributed by atoms with E-state index in [0.29, 0.717) is 5.25 Å². The van der Waals surface area contributed by atoms with Crippen LogP contribution in [-0.2, 0) is 0 Å². The Labute approximate surface area is 91.7 Å². The fourth-order valence-corrected chi connectivity index (χ4v) is 2.12. The maximum atomic E-state index is 4.29. The van der Waals surface area contributed by atoms with Gasteiger partial charge >= 0.3 is 0 Å². The van der Waals surface area contributed by atoms with E-state index in [2.05, 4.69) is 33.2 Å². The number of aromatic nitrogens is 1. The van der Waals surface area contributed by atoms with Crippen LogP contribution >= 0.6 is 27.7 Å². The molecule has 1 unspecified atom stereocenters. The number of hydrogen-bond acceptors (Lipinski definition) is 3. The number of thioether (sulfide) groups is 1. The summed E-state index contributed by atoms with van der Waals surface area (Å²) in [5, 5.41) is 4.77. The predicted octanol–water partition coefficient (Wildman–Crippen LogP) is 2.54. The zero-order valence-electron chi connectivity index (χ0n) is 7.75. The summed E-state index contributed by atoms with van der Waals surface area (Å²) in [4.78, 5) is 4.29. The smallest absolute Gasteiger partial charge is 0.0963 e. The van der Waals surface area contributed by atoms with E-state index in [4.69, 9.17) is 0 Å². The standard InChI is InChI=1S/C9H13BrN2S/c1-7(5-11-2)13-9-4-3-8(10)6-12-9/h3-4,6-7,11H,5H2,1-2H3. The SMILES string of the molecule is CNCC(C)Sc1ccc(Br)cn1. The van der Waals surface area contributed by atoms with E-state index in [9.17, 15) is 0 Å². The molecule has 1 N–H and O–H groups in total. The summed E-state index contributed by atoms with van der Waals surface area (Å²) < 4.78 is 1.03. The van der Waals surface area contributed by atoms with Gasteiger partial charge in [-0.1, -0.05) is 6.92 Å². The molecule has 0 radical (unpaired) electrons. The molecule has 0 saturated carbocycles. The van der Waals surface area contributed by atoms with Gasteiger partial charge in [-0.15, -0.1) is 11.8 Å². The molecule has 13 heavy (non-hydrogen) atoms. The Kier molecular flexibility index (Phi) is 4.77. The summed E-state index contributed by atoms with van der Waals surface area (Å²) >= 11 is 5.14.